The molecule has 0 fully saturated rings. The number of nitrogens with zero attached hydrogens (tertiary/aromatic N) is 1. The van der Waals surface area contributed by atoms with Crippen LogP contribution in [-0.4, -0.2) is 28.6 Å². The Morgan fingerprint density at radius 3 is 2.82 bits per heavy atom. The molecule has 0 amide bonds. The van der Waals surface area contributed by atoms with Crippen molar-refractivity contribution in [1.82, 2.24) is 0 Å². The number of aryl methyl sites for hydroxylation is 1. The van der Waals surface area contributed by atoms with Crippen LogP contribution in [0.5, 0.6) is 5.75 Å². The Hall–Kier alpha value is -2.15. The van der Waals surface area contributed by atoms with E-state index in [4.69, 9.17) is 15.6 Å². The minimum absolute atomic E-state index is 0.0201. The summed E-state index contributed by atoms with van der Waals surface area (Å²) < 4.78 is 5.05. The summed E-state index contributed by atoms with van der Waals surface area (Å²) in [6.07, 6.45) is 0. The second-order valence-corrected chi connectivity index (χ2v) is 3.48. The number of nitro groups is 1. The third kappa shape index (κ3) is 3.42. The summed E-state index contributed by atoms with van der Waals surface area (Å²) in [5, 5.41) is 19.2. The van der Waals surface area contributed by atoms with Crippen molar-refractivity contribution in [3.05, 3.63) is 33.9 Å². The monoisotopic (exact) mass is 240 g/mol. The number of hydrogen-bond acceptors (Lipinski definition) is 5. The first-order valence-electron chi connectivity index (χ1n) is 4.78. The molecule has 1 aromatic carbocycles. The van der Waals surface area contributed by atoms with Crippen LogP contribution in [-0.2, 0) is 4.79 Å². The maximum absolute atomic E-state index is 10.7. The summed E-state index contributed by atoms with van der Waals surface area (Å²) in [6, 6.07) is 3.13. The standard InChI is InChI=1S/C10H12N2O5/c1-6-2-3-8(12(15)16)9(4-6)17-5-7(11)10(13)14/h2-4,7H,5,11H2,1H3,(H,13,14). The topological polar surface area (TPSA) is 116 Å². The number of nitro benzene ring substituents is 1. The molecule has 1 aromatic rings. The number of aliphatic carboxylic acids is 1. The Morgan fingerprint density at radius 2 is 2.29 bits per heavy atom. The van der Waals surface area contributed by atoms with E-state index in [0.29, 0.717) is 0 Å². The highest BCUT2D eigenvalue weighted by Crippen LogP contribution is 2.27. The second-order valence-electron chi connectivity index (χ2n) is 3.48. The predicted octanol–water partition coefficient (Wildman–Crippen LogP) is 0.694. The highest BCUT2D eigenvalue weighted by atomic mass is 16.6. The summed E-state index contributed by atoms with van der Waals surface area (Å²) in [7, 11) is 0. The van der Waals surface area contributed by atoms with Crippen LogP contribution in [0.4, 0.5) is 5.69 Å². The molecule has 0 aliphatic rings. The highest BCUT2D eigenvalue weighted by molar-refractivity contribution is 5.73. The van der Waals surface area contributed by atoms with Crippen molar-refractivity contribution < 1.29 is 19.6 Å². The van der Waals surface area contributed by atoms with Gasteiger partial charge in [0.2, 0.25) is 0 Å². The molecule has 1 atom stereocenters. The largest absolute Gasteiger partial charge is 0.485 e. The second kappa shape index (κ2) is 5.26. The number of carboxylic acid groups (broad SMARTS) is 1. The van der Waals surface area contributed by atoms with E-state index in [-0.39, 0.29) is 18.0 Å². The first-order chi connectivity index (χ1) is 7.91. The van der Waals surface area contributed by atoms with Gasteiger partial charge in [0.05, 0.1) is 4.92 Å². The van der Waals surface area contributed by atoms with Gasteiger partial charge in [-0.25, -0.2) is 0 Å². The Bertz CT molecular complexity index is 446. The van der Waals surface area contributed by atoms with Gasteiger partial charge in [-0.05, 0) is 18.6 Å². The van der Waals surface area contributed by atoms with Crippen LogP contribution >= 0.6 is 0 Å². The van der Waals surface area contributed by atoms with Crippen molar-refractivity contribution in [3.8, 4) is 5.75 Å². The molecule has 0 saturated heterocycles. The van der Waals surface area contributed by atoms with Crippen LogP contribution in [0.25, 0.3) is 0 Å². The maximum atomic E-state index is 10.7. The third-order valence-corrected chi connectivity index (χ3v) is 2.05. The van der Waals surface area contributed by atoms with Crippen molar-refractivity contribution >= 4 is 11.7 Å². The molecule has 0 aliphatic heterocycles. The molecule has 0 aromatic heterocycles. The number of benzene rings is 1. The molecule has 7 heteroatoms. The molecule has 0 heterocycles. The summed E-state index contributed by atoms with van der Waals surface area (Å²) in [5.74, 6) is -1.20. The van der Waals surface area contributed by atoms with Crippen molar-refractivity contribution in [2.45, 2.75) is 13.0 Å². The molecule has 92 valence electrons. The summed E-state index contributed by atoms with van der Waals surface area (Å²) in [4.78, 5) is 20.6. The van der Waals surface area contributed by atoms with Gasteiger partial charge < -0.3 is 15.6 Å². The van der Waals surface area contributed by atoms with E-state index in [0.717, 1.165) is 5.56 Å². The quantitative estimate of drug-likeness (QED) is 0.578. The first-order valence-corrected chi connectivity index (χ1v) is 4.78. The average molecular weight is 240 g/mol. The summed E-state index contributed by atoms with van der Waals surface area (Å²) >= 11 is 0. The Kier molecular flexibility index (Phi) is 4.00. The lowest BCUT2D eigenvalue weighted by atomic mass is 10.2. The average Bonchev–Trinajstić information content (AvgIpc) is 2.25. The molecule has 0 radical (unpaired) electrons. The number of hydrogen-bond donors (Lipinski definition) is 2. The lowest BCUT2D eigenvalue weighted by molar-refractivity contribution is -0.385. The van der Waals surface area contributed by atoms with E-state index in [1.54, 1.807) is 13.0 Å². The van der Waals surface area contributed by atoms with Gasteiger partial charge in [0.15, 0.2) is 5.75 Å². The molecular formula is C10H12N2O5. The molecule has 7 nitrogen and oxygen atoms in total. The zero-order chi connectivity index (χ0) is 13.0. The zero-order valence-corrected chi connectivity index (χ0v) is 9.12. The van der Waals surface area contributed by atoms with E-state index >= 15 is 0 Å². The van der Waals surface area contributed by atoms with Crippen LogP contribution in [0.3, 0.4) is 0 Å². The number of ether oxygens (including phenoxy) is 1. The van der Waals surface area contributed by atoms with Gasteiger partial charge in [-0.2, -0.15) is 0 Å². The van der Waals surface area contributed by atoms with Crippen LogP contribution in [0.1, 0.15) is 5.56 Å². The Labute approximate surface area is 97.0 Å². The fourth-order valence-corrected chi connectivity index (χ4v) is 1.14. The highest BCUT2D eigenvalue weighted by Gasteiger charge is 2.18. The van der Waals surface area contributed by atoms with Crippen LogP contribution in [0.15, 0.2) is 18.2 Å². The Balaban J connectivity index is 2.85. The smallest absolute Gasteiger partial charge is 0.324 e. The molecule has 0 bridgehead atoms. The molecule has 17 heavy (non-hydrogen) atoms. The maximum Gasteiger partial charge on any atom is 0.324 e. The minimum atomic E-state index is -1.22. The van der Waals surface area contributed by atoms with Crippen molar-refractivity contribution in [2.24, 2.45) is 5.73 Å². The fourth-order valence-electron chi connectivity index (χ4n) is 1.14. The molecule has 1 unspecified atom stereocenters. The number of carbonyl (C=O) groups is 1. The van der Waals surface area contributed by atoms with E-state index in [2.05, 4.69) is 0 Å². The Morgan fingerprint density at radius 1 is 1.65 bits per heavy atom. The fraction of sp³-hybridized carbons (Fsp3) is 0.300. The van der Waals surface area contributed by atoms with Gasteiger partial charge in [-0.3, -0.25) is 14.9 Å². The lowest BCUT2D eigenvalue weighted by Crippen LogP contribution is -2.36. The molecule has 0 spiro atoms. The van der Waals surface area contributed by atoms with Gasteiger partial charge in [-0.15, -0.1) is 0 Å². The van der Waals surface area contributed by atoms with Crippen LogP contribution < -0.4 is 10.5 Å². The summed E-state index contributed by atoms with van der Waals surface area (Å²) in [6.45, 7) is 1.42. The number of nitrogens with two attached hydrogens (primary N) is 1. The van der Waals surface area contributed by atoms with Gasteiger partial charge in [0.1, 0.15) is 12.6 Å². The minimum Gasteiger partial charge on any atom is -0.485 e. The van der Waals surface area contributed by atoms with Gasteiger partial charge in [-0.1, -0.05) is 6.07 Å². The van der Waals surface area contributed by atoms with E-state index in [9.17, 15) is 14.9 Å². The van der Waals surface area contributed by atoms with Gasteiger partial charge in [0.25, 0.3) is 0 Å². The van der Waals surface area contributed by atoms with Gasteiger partial charge >= 0.3 is 11.7 Å². The number of rotatable bonds is 5. The van der Waals surface area contributed by atoms with Crippen LogP contribution in [0.2, 0.25) is 0 Å². The molecule has 0 saturated carbocycles. The number of carboxylic acids is 1. The van der Waals surface area contributed by atoms with Gasteiger partial charge in [0, 0.05) is 6.07 Å². The first kappa shape index (κ1) is 12.9. The van der Waals surface area contributed by atoms with Crippen LogP contribution in [0, 0.1) is 17.0 Å². The van der Waals surface area contributed by atoms with Crippen molar-refractivity contribution in [3.63, 3.8) is 0 Å². The molecule has 1 rings (SSSR count). The molecule has 3 N–H and O–H groups in total. The SMILES string of the molecule is Cc1ccc([N+](=O)[O-])c(OCC(N)C(=O)O)c1. The van der Waals surface area contributed by atoms with Crippen molar-refractivity contribution in [2.75, 3.05) is 6.61 Å². The molecule has 0 aliphatic carbocycles. The van der Waals surface area contributed by atoms with E-state index in [1.807, 2.05) is 0 Å². The lowest BCUT2D eigenvalue weighted by Gasteiger charge is -2.09. The summed E-state index contributed by atoms with van der Waals surface area (Å²) in [5.41, 5.74) is 5.79. The normalized spacial score (nSPS) is 11.9. The third-order valence-electron chi connectivity index (χ3n) is 2.05. The predicted molar refractivity (Wildman–Crippen MR) is 58.9 cm³/mol. The van der Waals surface area contributed by atoms with Crippen molar-refractivity contribution in [1.29, 1.82) is 0 Å². The zero-order valence-electron chi connectivity index (χ0n) is 9.12. The van der Waals surface area contributed by atoms with E-state index in [1.165, 1.54) is 12.1 Å². The molecular weight excluding hydrogens is 228 g/mol. The van der Waals surface area contributed by atoms with E-state index < -0.39 is 16.9 Å².